The number of rotatable bonds is 12. The van der Waals surface area contributed by atoms with Crippen LogP contribution in [0.5, 0.6) is 5.75 Å². The Labute approximate surface area is 177 Å². The van der Waals surface area contributed by atoms with Crippen LogP contribution in [0.3, 0.4) is 0 Å². The van der Waals surface area contributed by atoms with Crippen molar-refractivity contribution in [3.05, 3.63) is 64.2 Å². The Morgan fingerprint density at radius 3 is 2.28 bits per heavy atom. The number of hydrogen-bond acceptors (Lipinski definition) is 3. The topological polar surface area (TPSA) is 75.6 Å². The van der Waals surface area contributed by atoms with E-state index < -0.39 is 5.97 Å². The van der Waals surface area contributed by atoms with Crippen LogP contribution in [-0.4, -0.2) is 30.6 Å². The number of carboxylic acid groups (broad SMARTS) is 1. The lowest BCUT2D eigenvalue weighted by Crippen LogP contribution is -2.26. The Hall–Kier alpha value is -2.53. The maximum absolute atomic E-state index is 12.4. The van der Waals surface area contributed by atoms with E-state index in [0.717, 1.165) is 44.1 Å². The zero-order valence-electron chi connectivity index (χ0n) is 16.7. The molecule has 0 aliphatic carbocycles. The fraction of sp³-hybridized carbons (Fsp3) is 0.391. The van der Waals surface area contributed by atoms with Crippen molar-refractivity contribution in [2.75, 3.05) is 13.7 Å². The van der Waals surface area contributed by atoms with Gasteiger partial charge in [-0.3, -0.25) is 9.59 Å². The van der Waals surface area contributed by atoms with E-state index in [4.69, 9.17) is 21.4 Å². The van der Waals surface area contributed by atoms with Crippen LogP contribution in [0.15, 0.2) is 42.5 Å². The molecule has 0 aliphatic heterocycles. The molecule has 0 fully saturated rings. The molecular formula is C23H28ClNO4. The fourth-order valence-electron chi connectivity index (χ4n) is 3.10. The van der Waals surface area contributed by atoms with Gasteiger partial charge in [0.15, 0.2) is 0 Å². The fourth-order valence-corrected chi connectivity index (χ4v) is 3.28. The number of aryl methyl sites for hydroxylation is 1. The summed E-state index contributed by atoms with van der Waals surface area (Å²) in [6, 6.07) is 13.4. The predicted octanol–water partition coefficient (Wildman–Crippen LogP) is 4.90. The van der Waals surface area contributed by atoms with E-state index in [1.807, 2.05) is 0 Å². The molecule has 0 bridgehead atoms. The summed E-state index contributed by atoms with van der Waals surface area (Å²) in [7, 11) is 1.53. The number of benzene rings is 2. The summed E-state index contributed by atoms with van der Waals surface area (Å²) >= 11 is 5.98. The molecule has 0 heterocycles. The number of carbonyl (C=O) groups excluding carboxylic acids is 1. The molecule has 1 amide bonds. The Kier molecular flexibility index (Phi) is 9.51. The summed E-state index contributed by atoms with van der Waals surface area (Å²) in [5, 5.41) is 12.0. The molecule has 2 aromatic carbocycles. The quantitative estimate of drug-likeness (QED) is 0.481. The van der Waals surface area contributed by atoms with Crippen LogP contribution in [0.2, 0.25) is 5.02 Å². The molecule has 0 atom stereocenters. The van der Waals surface area contributed by atoms with Gasteiger partial charge in [-0.05, 0) is 55.0 Å². The molecule has 156 valence electrons. The van der Waals surface area contributed by atoms with Gasteiger partial charge in [0.25, 0.3) is 5.91 Å². The molecule has 0 saturated carbocycles. The zero-order chi connectivity index (χ0) is 21.1. The standard InChI is InChI=1S/C23H28ClNO4/c1-29-21-13-12-19(24)16-20(21)23(28)25-15-14-18-10-8-17(9-11-18)6-4-2-3-5-7-22(26)27/h8-13,16H,2-7,14-15H2,1H3,(H,25,28)(H,26,27). The minimum absolute atomic E-state index is 0.205. The first-order valence-electron chi connectivity index (χ1n) is 9.91. The predicted molar refractivity (Wildman–Crippen MR) is 115 cm³/mol. The van der Waals surface area contributed by atoms with Crippen LogP contribution >= 0.6 is 11.6 Å². The van der Waals surface area contributed by atoms with Crippen molar-refractivity contribution in [3.8, 4) is 5.75 Å². The summed E-state index contributed by atoms with van der Waals surface area (Å²) in [6.45, 7) is 0.525. The summed E-state index contributed by atoms with van der Waals surface area (Å²) in [6.07, 6.45) is 5.82. The van der Waals surface area contributed by atoms with Gasteiger partial charge >= 0.3 is 5.97 Å². The highest BCUT2D eigenvalue weighted by atomic mass is 35.5. The van der Waals surface area contributed by atoms with Gasteiger partial charge in [0.05, 0.1) is 12.7 Å². The molecule has 0 aliphatic rings. The largest absolute Gasteiger partial charge is 0.496 e. The lowest BCUT2D eigenvalue weighted by Gasteiger charge is -2.10. The van der Waals surface area contributed by atoms with Crippen LogP contribution in [-0.2, 0) is 17.6 Å². The minimum atomic E-state index is -0.719. The van der Waals surface area contributed by atoms with Gasteiger partial charge in [0, 0.05) is 18.0 Å². The van der Waals surface area contributed by atoms with Crippen LogP contribution < -0.4 is 10.1 Å². The summed E-state index contributed by atoms with van der Waals surface area (Å²) in [5.41, 5.74) is 2.87. The zero-order valence-corrected chi connectivity index (χ0v) is 17.5. The number of halogens is 1. The molecule has 2 N–H and O–H groups in total. The van der Waals surface area contributed by atoms with Crippen LogP contribution in [0, 0.1) is 0 Å². The average Bonchev–Trinajstić information content (AvgIpc) is 2.71. The highest BCUT2D eigenvalue weighted by molar-refractivity contribution is 6.31. The Morgan fingerprint density at radius 1 is 0.966 bits per heavy atom. The first-order chi connectivity index (χ1) is 14.0. The van der Waals surface area contributed by atoms with Crippen molar-refractivity contribution >= 4 is 23.5 Å². The van der Waals surface area contributed by atoms with E-state index >= 15 is 0 Å². The summed E-state index contributed by atoms with van der Waals surface area (Å²) < 4.78 is 5.22. The molecule has 0 aromatic heterocycles. The van der Waals surface area contributed by atoms with E-state index in [-0.39, 0.29) is 12.3 Å². The minimum Gasteiger partial charge on any atom is -0.496 e. The molecule has 29 heavy (non-hydrogen) atoms. The van der Waals surface area contributed by atoms with Gasteiger partial charge in [0.2, 0.25) is 0 Å². The second kappa shape index (κ2) is 12.1. The van der Waals surface area contributed by atoms with E-state index in [2.05, 4.69) is 29.6 Å². The third-order valence-electron chi connectivity index (χ3n) is 4.73. The summed E-state index contributed by atoms with van der Waals surface area (Å²) in [4.78, 5) is 22.8. The third kappa shape index (κ3) is 8.16. The van der Waals surface area contributed by atoms with Gasteiger partial charge in [-0.1, -0.05) is 48.7 Å². The van der Waals surface area contributed by atoms with E-state index in [9.17, 15) is 9.59 Å². The third-order valence-corrected chi connectivity index (χ3v) is 4.97. The van der Waals surface area contributed by atoms with E-state index in [0.29, 0.717) is 22.9 Å². The Bertz CT molecular complexity index is 805. The number of methoxy groups -OCH3 is 1. The monoisotopic (exact) mass is 417 g/mol. The van der Waals surface area contributed by atoms with Crippen LogP contribution in [0.4, 0.5) is 0 Å². The summed E-state index contributed by atoms with van der Waals surface area (Å²) in [5.74, 6) is -0.424. The van der Waals surface area contributed by atoms with Crippen molar-refractivity contribution < 1.29 is 19.4 Å². The van der Waals surface area contributed by atoms with Gasteiger partial charge in [0.1, 0.15) is 5.75 Å². The number of carbonyl (C=O) groups is 2. The van der Waals surface area contributed by atoms with Crippen LogP contribution in [0.1, 0.15) is 53.6 Å². The number of aliphatic carboxylic acids is 1. The van der Waals surface area contributed by atoms with Crippen molar-refractivity contribution in [2.45, 2.75) is 44.9 Å². The first-order valence-corrected chi connectivity index (χ1v) is 10.3. The number of carboxylic acids is 1. The lowest BCUT2D eigenvalue weighted by atomic mass is 10.0. The second-order valence-corrected chi connectivity index (χ2v) is 7.41. The van der Waals surface area contributed by atoms with Gasteiger partial charge < -0.3 is 15.2 Å². The van der Waals surface area contributed by atoms with Gasteiger partial charge in [-0.25, -0.2) is 0 Å². The molecule has 0 saturated heterocycles. The Balaban J connectivity index is 1.71. The Morgan fingerprint density at radius 2 is 1.62 bits per heavy atom. The highest BCUT2D eigenvalue weighted by Crippen LogP contribution is 2.22. The van der Waals surface area contributed by atoms with Crippen LogP contribution in [0.25, 0.3) is 0 Å². The maximum atomic E-state index is 12.4. The molecule has 2 rings (SSSR count). The van der Waals surface area contributed by atoms with E-state index in [1.165, 1.54) is 12.7 Å². The maximum Gasteiger partial charge on any atom is 0.303 e. The average molecular weight is 418 g/mol. The van der Waals surface area contributed by atoms with Crippen molar-refractivity contribution in [3.63, 3.8) is 0 Å². The van der Waals surface area contributed by atoms with Gasteiger partial charge in [-0.15, -0.1) is 0 Å². The molecular weight excluding hydrogens is 390 g/mol. The number of nitrogens with one attached hydrogen (secondary N) is 1. The molecule has 0 spiro atoms. The lowest BCUT2D eigenvalue weighted by molar-refractivity contribution is -0.137. The second-order valence-electron chi connectivity index (χ2n) is 6.97. The normalized spacial score (nSPS) is 10.6. The molecule has 0 radical (unpaired) electrons. The number of ether oxygens (including phenoxy) is 1. The molecule has 6 heteroatoms. The molecule has 2 aromatic rings. The van der Waals surface area contributed by atoms with Crippen molar-refractivity contribution in [1.82, 2.24) is 5.32 Å². The van der Waals surface area contributed by atoms with Crippen molar-refractivity contribution in [1.29, 1.82) is 0 Å². The van der Waals surface area contributed by atoms with Gasteiger partial charge in [-0.2, -0.15) is 0 Å². The number of amides is 1. The smallest absolute Gasteiger partial charge is 0.303 e. The SMILES string of the molecule is COc1ccc(Cl)cc1C(=O)NCCc1ccc(CCCCCCC(=O)O)cc1. The molecule has 0 unspecified atom stereocenters. The van der Waals surface area contributed by atoms with E-state index in [1.54, 1.807) is 18.2 Å². The first kappa shape index (κ1) is 22.8. The highest BCUT2D eigenvalue weighted by Gasteiger charge is 2.12. The number of unbranched alkanes of at least 4 members (excludes halogenated alkanes) is 3. The van der Waals surface area contributed by atoms with Crippen molar-refractivity contribution in [2.24, 2.45) is 0 Å². The molecule has 5 nitrogen and oxygen atoms in total. The number of hydrogen-bond donors (Lipinski definition) is 2.